The Hall–Kier alpha value is -0.860. The number of aliphatic hydroxyl groups excluding tert-OH is 1. The number of benzene rings is 1. The Morgan fingerprint density at radius 2 is 2.33 bits per heavy atom. The van der Waals surface area contributed by atoms with E-state index in [0.717, 1.165) is 18.5 Å². The van der Waals surface area contributed by atoms with Crippen LogP contribution in [0.4, 0.5) is 5.69 Å². The molecule has 2 N–H and O–H groups in total. The Bertz CT molecular complexity index is 296. The van der Waals surface area contributed by atoms with Crippen molar-refractivity contribution in [2.75, 3.05) is 6.54 Å². The van der Waals surface area contributed by atoms with Crippen LogP contribution in [-0.2, 0) is 13.0 Å². The smallest absolute Gasteiger partial charge is 0.108 e. The zero-order valence-corrected chi connectivity index (χ0v) is 7.01. The molecule has 0 radical (unpaired) electrons. The summed E-state index contributed by atoms with van der Waals surface area (Å²) in [6.07, 6.45) is 1.05. The third-order valence-corrected chi connectivity index (χ3v) is 2.50. The van der Waals surface area contributed by atoms with E-state index >= 15 is 0 Å². The number of fused-ring (bicyclic) bond motifs is 1. The third kappa shape index (κ3) is 1.04. The van der Waals surface area contributed by atoms with Crippen LogP contribution in [-0.4, -0.2) is 11.7 Å². The molecule has 1 atom stereocenters. The van der Waals surface area contributed by atoms with Gasteiger partial charge in [-0.05, 0) is 11.6 Å². The molecule has 0 saturated carbocycles. The predicted octanol–water partition coefficient (Wildman–Crippen LogP) is 0.0430. The summed E-state index contributed by atoms with van der Waals surface area (Å²) in [6.45, 7) is 1.20. The molecule has 0 saturated heterocycles. The van der Waals surface area contributed by atoms with E-state index < -0.39 is 0 Å². The molecule has 0 bridgehead atoms. The molecule has 1 aliphatic heterocycles. The van der Waals surface area contributed by atoms with Gasteiger partial charge >= 0.3 is 0 Å². The predicted molar refractivity (Wildman–Crippen MR) is 46.9 cm³/mol. The van der Waals surface area contributed by atoms with Gasteiger partial charge in [-0.25, -0.2) is 0 Å². The first kappa shape index (κ1) is 7.77. The first-order valence-electron chi connectivity index (χ1n) is 4.22. The lowest BCUT2D eigenvalue weighted by molar-refractivity contribution is -0.775. The molecule has 2 nitrogen and oxygen atoms in total. The third-order valence-electron chi connectivity index (χ3n) is 2.50. The van der Waals surface area contributed by atoms with Crippen molar-refractivity contribution in [3.8, 4) is 0 Å². The van der Waals surface area contributed by atoms with Crippen LogP contribution in [0.25, 0.3) is 0 Å². The second kappa shape index (κ2) is 2.88. The average Bonchev–Trinajstić information content (AvgIpc) is 2.48. The Morgan fingerprint density at radius 1 is 1.50 bits per heavy atom. The Labute approximate surface area is 72.4 Å². The monoisotopic (exact) mass is 163 g/mol. The van der Waals surface area contributed by atoms with E-state index in [9.17, 15) is 0 Å². The number of aliphatic hydroxyl groups is 1. The van der Waals surface area contributed by atoms with Gasteiger partial charge in [0, 0.05) is 12.0 Å². The SMILES string of the molecule is [CH2-][NH+]1CCc2c(CO)cccc21. The Kier molecular flexibility index (Phi) is 1.87. The first-order valence-corrected chi connectivity index (χ1v) is 4.22. The minimum absolute atomic E-state index is 0.149. The van der Waals surface area contributed by atoms with Crippen LogP contribution in [0, 0.1) is 7.05 Å². The highest BCUT2D eigenvalue weighted by molar-refractivity contribution is 5.47. The number of rotatable bonds is 1. The number of hydrogen-bond acceptors (Lipinski definition) is 1. The number of nitrogens with one attached hydrogen (secondary N) is 1. The topological polar surface area (TPSA) is 24.7 Å². The summed E-state index contributed by atoms with van der Waals surface area (Å²) < 4.78 is 0. The van der Waals surface area contributed by atoms with Crippen LogP contribution in [0.3, 0.4) is 0 Å². The number of hydrogen-bond donors (Lipinski definition) is 2. The molecule has 0 fully saturated rings. The Balaban J connectivity index is 2.50. The van der Waals surface area contributed by atoms with Crippen LogP contribution >= 0.6 is 0 Å². The van der Waals surface area contributed by atoms with Crippen LogP contribution in [0.15, 0.2) is 18.2 Å². The van der Waals surface area contributed by atoms with Crippen molar-refractivity contribution in [3.63, 3.8) is 0 Å². The van der Waals surface area contributed by atoms with Crippen molar-refractivity contribution in [2.45, 2.75) is 13.0 Å². The summed E-state index contributed by atoms with van der Waals surface area (Å²) >= 11 is 0. The highest BCUT2D eigenvalue weighted by Gasteiger charge is 2.19. The highest BCUT2D eigenvalue weighted by Crippen LogP contribution is 2.20. The van der Waals surface area contributed by atoms with Crippen LogP contribution in [0.5, 0.6) is 0 Å². The fraction of sp³-hybridized carbons (Fsp3) is 0.300. The summed E-state index contributed by atoms with van der Waals surface area (Å²) in [5.41, 5.74) is 3.61. The molecule has 0 aromatic heterocycles. The van der Waals surface area contributed by atoms with Crippen molar-refractivity contribution >= 4 is 5.69 Å². The first-order chi connectivity index (χ1) is 5.83. The summed E-state index contributed by atoms with van der Waals surface area (Å²) in [6, 6.07) is 6.06. The second-order valence-electron chi connectivity index (χ2n) is 3.20. The van der Waals surface area contributed by atoms with Crippen molar-refractivity contribution in [2.24, 2.45) is 0 Å². The molecule has 1 aromatic rings. The molecule has 2 heteroatoms. The highest BCUT2D eigenvalue weighted by atomic mass is 16.3. The minimum Gasteiger partial charge on any atom is -0.434 e. The largest absolute Gasteiger partial charge is 0.434 e. The molecule has 1 unspecified atom stereocenters. The van der Waals surface area contributed by atoms with Gasteiger partial charge in [-0.2, -0.15) is 0 Å². The molecule has 0 aliphatic carbocycles. The van der Waals surface area contributed by atoms with E-state index in [-0.39, 0.29) is 6.61 Å². The fourth-order valence-corrected chi connectivity index (χ4v) is 1.82. The lowest BCUT2D eigenvalue weighted by Gasteiger charge is -2.13. The zero-order valence-electron chi connectivity index (χ0n) is 7.01. The van der Waals surface area contributed by atoms with E-state index in [1.54, 1.807) is 0 Å². The lowest BCUT2D eigenvalue weighted by Crippen LogP contribution is -3.00. The summed E-state index contributed by atoms with van der Waals surface area (Å²) in [5.74, 6) is 0. The molecule has 0 amide bonds. The molecule has 12 heavy (non-hydrogen) atoms. The van der Waals surface area contributed by atoms with Crippen molar-refractivity contribution < 1.29 is 10.0 Å². The van der Waals surface area contributed by atoms with Crippen molar-refractivity contribution in [1.82, 2.24) is 0 Å². The molecule has 2 rings (SSSR count). The Morgan fingerprint density at radius 3 is 3.08 bits per heavy atom. The number of quaternary nitrogens is 1. The van der Waals surface area contributed by atoms with Crippen LogP contribution in [0.1, 0.15) is 11.1 Å². The van der Waals surface area contributed by atoms with Crippen molar-refractivity contribution in [1.29, 1.82) is 0 Å². The minimum atomic E-state index is 0.149. The summed E-state index contributed by atoms with van der Waals surface area (Å²) in [7, 11) is 3.99. The van der Waals surface area contributed by atoms with E-state index in [1.165, 1.54) is 16.2 Å². The van der Waals surface area contributed by atoms with Gasteiger partial charge in [0.05, 0.1) is 13.2 Å². The molecular weight excluding hydrogens is 150 g/mol. The fourth-order valence-electron chi connectivity index (χ4n) is 1.82. The van der Waals surface area contributed by atoms with Gasteiger partial charge in [0.1, 0.15) is 5.69 Å². The van der Waals surface area contributed by atoms with Gasteiger partial charge in [0.15, 0.2) is 0 Å². The van der Waals surface area contributed by atoms with Crippen LogP contribution in [0.2, 0.25) is 0 Å². The molecule has 0 spiro atoms. The molecule has 1 aromatic carbocycles. The van der Waals surface area contributed by atoms with Gasteiger partial charge in [0.2, 0.25) is 0 Å². The van der Waals surface area contributed by atoms with E-state index in [2.05, 4.69) is 13.1 Å². The summed E-state index contributed by atoms with van der Waals surface area (Å²) in [4.78, 5) is 1.21. The van der Waals surface area contributed by atoms with E-state index in [0.29, 0.717) is 0 Å². The van der Waals surface area contributed by atoms with Crippen molar-refractivity contribution in [3.05, 3.63) is 36.4 Å². The summed E-state index contributed by atoms with van der Waals surface area (Å²) in [5, 5.41) is 9.06. The standard InChI is InChI=1S/C10H13NO/c1-11-6-5-9-8(7-12)3-2-4-10(9)11/h2-4,11-12H,1,5-7H2. The van der Waals surface area contributed by atoms with Gasteiger partial charge in [0.25, 0.3) is 0 Å². The average molecular weight is 163 g/mol. The van der Waals surface area contributed by atoms with Gasteiger partial charge in [-0.1, -0.05) is 12.1 Å². The van der Waals surface area contributed by atoms with E-state index in [1.807, 2.05) is 12.1 Å². The second-order valence-corrected chi connectivity index (χ2v) is 3.20. The maximum Gasteiger partial charge on any atom is 0.108 e. The molecular formula is C10H13NO. The molecule has 1 aliphatic rings. The zero-order chi connectivity index (χ0) is 8.55. The van der Waals surface area contributed by atoms with Crippen LogP contribution < -0.4 is 4.90 Å². The molecule has 1 heterocycles. The lowest BCUT2D eigenvalue weighted by atomic mass is 10.1. The maximum absolute atomic E-state index is 9.06. The van der Waals surface area contributed by atoms with Gasteiger partial charge in [-0.15, -0.1) is 7.05 Å². The van der Waals surface area contributed by atoms with Gasteiger partial charge < -0.3 is 10.0 Å². The van der Waals surface area contributed by atoms with E-state index in [4.69, 9.17) is 5.11 Å². The normalized spacial score (nSPS) is 21.0. The molecule has 64 valence electrons. The van der Waals surface area contributed by atoms with Gasteiger partial charge in [-0.3, -0.25) is 0 Å². The quantitative estimate of drug-likeness (QED) is 0.561. The maximum atomic E-state index is 9.06.